The maximum atomic E-state index is 6.28. The third-order valence-electron chi connectivity index (χ3n) is 3.32. The van der Waals surface area contributed by atoms with E-state index in [0.717, 1.165) is 24.4 Å². The van der Waals surface area contributed by atoms with Crippen molar-refractivity contribution in [2.45, 2.75) is 39.3 Å². The summed E-state index contributed by atoms with van der Waals surface area (Å²) >= 11 is 6.28. The van der Waals surface area contributed by atoms with Gasteiger partial charge in [-0.1, -0.05) is 31.5 Å². The number of benzene rings is 1. The molecule has 0 saturated heterocycles. The van der Waals surface area contributed by atoms with Gasteiger partial charge in [0.1, 0.15) is 0 Å². The molecule has 0 aliphatic rings. The fourth-order valence-electron chi connectivity index (χ4n) is 2.26. The molecule has 0 aromatic heterocycles. The largest absolute Gasteiger partial charge is 0.371 e. The Hall–Kier alpha value is -0.730. The Morgan fingerprint density at radius 2 is 1.94 bits per heavy atom. The van der Waals surface area contributed by atoms with Gasteiger partial charge in [0.05, 0.1) is 0 Å². The number of nitrogens with zero attached hydrogens (tertiary/aromatic N) is 1. The van der Waals surface area contributed by atoms with Crippen molar-refractivity contribution in [3.05, 3.63) is 28.8 Å². The fraction of sp³-hybridized carbons (Fsp3) is 0.571. The monoisotopic (exact) mass is 254 g/mol. The van der Waals surface area contributed by atoms with Crippen LogP contribution >= 0.6 is 11.6 Å². The van der Waals surface area contributed by atoms with E-state index in [1.165, 1.54) is 11.3 Å². The van der Waals surface area contributed by atoms with Gasteiger partial charge in [-0.05, 0) is 32.0 Å². The highest BCUT2D eigenvalue weighted by Gasteiger charge is 2.15. The van der Waals surface area contributed by atoms with Crippen LogP contribution in [0, 0.1) is 0 Å². The molecule has 96 valence electrons. The summed E-state index contributed by atoms with van der Waals surface area (Å²) < 4.78 is 0. The lowest BCUT2D eigenvalue weighted by atomic mass is 10.1. The first kappa shape index (κ1) is 14.3. The molecule has 0 bridgehead atoms. The van der Waals surface area contributed by atoms with Crippen LogP contribution in [-0.2, 0) is 6.54 Å². The minimum atomic E-state index is 0.573. The van der Waals surface area contributed by atoms with Crippen LogP contribution in [0.3, 0.4) is 0 Å². The molecule has 0 heterocycles. The Morgan fingerprint density at radius 3 is 2.47 bits per heavy atom. The minimum absolute atomic E-state index is 0.573. The van der Waals surface area contributed by atoms with E-state index >= 15 is 0 Å². The van der Waals surface area contributed by atoms with Gasteiger partial charge in [-0.3, -0.25) is 0 Å². The molecule has 17 heavy (non-hydrogen) atoms. The Balaban J connectivity index is 3.07. The van der Waals surface area contributed by atoms with Crippen molar-refractivity contribution in [2.75, 3.05) is 19.0 Å². The summed E-state index contributed by atoms with van der Waals surface area (Å²) in [6, 6.07) is 6.70. The average molecular weight is 255 g/mol. The summed E-state index contributed by atoms with van der Waals surface area (Å²) in [4.78, 5) is 2.35. The van der Waals surface area contributed by atoms with Crippen LogP contribution in [0.25, 0.3) is 0 Å². The van der Waals surface area contributed by atoms with E-state index in [2.05, 4.69) is 37.2 Å². The Kier molecular flexibility index (Phi) is 5.79. The van der Waals surface area contributed by atoms with Crippen LogP contribution in [0.1, 0.15) is 32.3 Å². The van der Waals surface area contributed by atoms with Crippen molar-refractivity contribution < 1.29 is 0 Å². The fourth-order valence-corrected chi connectivity index (χ4v) is 2.50. The topological polar surface area (TPSA) is 15.3 Å². The van der Waals surface area contributed by atoms with Crippen LogP contribution in [0.4, 0.5) is 5.69 Å². The Bertz CT molecular complexity index is 348. The third kappa shape index (κ3) is 3.36. The van der Waals surface area contributed by atoms with Gasteiger partial charge in [0.2, 0.25) is 0 Å². The molecule has 3 heteroatoms. The van der Waals surface area contributed by atoms with E-state index in [1.54, 1.807) is 0 Å². The molecule has 0 unspecified atom stereocenters. The van der Waals surface area contributed by atoms with Gasteiger partial charge in [0, 0.05) is 35.9 Å². The van der Waals surface area contributed by atoms with Gasteiger partial charge in [0.15, 0.2) is 0 Å². The SMILES string of the molecule is CCC(CC)N(C)c1cccc(Cl)c1CNC. The molecule has 0 amide bonds. The highest BCUT2D eigenvalue weighted by molar-refractivity contribution is 6.31. The van der Waals surface area contributed by atoms with Crippen molar-refractivity contribution >= 4 is 17.3 Å². The highest BCUT2D eigenvalue weighted by Crippen LogP contribution is 2.29. The van der Waals surface area contributed by atoms with E-state index < -0.39 is 0 Å². The predicted molar refractivity (Wildman–Crippen MR) is 77.0 cm³/mol. The molecule has 1 aromatic carbocycles. The normalized spacial score (nSPS) is 10.9. The number of hydrogen-bond donors (Lipinski definition) is 1. The molecule has 1 rings (SSSR count). The maximum Gasteiger partial charge on any atom is 0.0471 e. The smallest absolute Gasteiger partial charge is 0.0471 e. The lowest BCUT2D eigenvalue weighted by Gasteiger charge is -2.30. The summed E-state index contributed by atoms with van der Waals surface area (Å²) in [5, 5.41) is 4.03. The number of hydrogen-bond acceptors (Lipinski definition) is 2. The summed E-state index contributed by atoms with van der Waals surface area (Å²) in [5.41, 5.74) is 2.42. The molecule has 1 N–H and O–H groups in total. The van der Waals surface area contributed by atoms with Crippen LogP contribution in [0.2, 0.25) is 5.02 Å². The molecule has 2 nitrogen and oxygen atoms in total. The van der Waals surface area contributed by atoms with Crippen LogP contribution in [0.15, 0.2) is 18.2 Å². The zero-order chi connectivity index (χ0) is 12.8. The lowest BCUT2D eigenvalue weighted by molar-refractivity contribution is 0.589. The van der Waals surface area contributed by atoms with Gasteiger partial charge in [-0.2, -0.15) is 0 Å². The van der Waals surface area contributed by atoms with Gasteiger partial charge in [-0.15, -0.1) is 0 Å². The zero-order valence-electron chi connectivity index (χ0n) is 11.3. The molecular weight excluding hydrogens is 232 g/mol. The molecule has 0 saturated carbocycles. The molecule has 0 aliphatic carbocycles. The first-order valence-corrected chi connectivity index (χ1v) is 6.68. The number of nitrogens with one attached hydrogen (secondary N) is 1. The van der Waals surface area contributed by atoms with Gasteiger partial charge < -0.3 is 10.2 Å². The first-order chi connectivity index (χ1) is 8.15. The van der Waals surface area contributed by atoms with E-state index in [-0.39, 0.29) is 0 Å². The van der Waals surface area contributed by atoms with Gasteiger partial charge >= 0.3 is 0 Å². The van der Waals surface area contributed by atoms with Crippen molar-refractivity contribution in [2.24, 2.45) is 0 Å². The second kappa shape index (κ2) is 6.87. The van der Waals surface area contributed by atoms with Crippen molar-refractivity contribution in [3.8, 4) is 0 Å². The van der Waals surface area contributed by atoms with Gasteiger partial charge in [-0.25, -0.2) is 0 Å². The van der Waals surface area contributed by atoms with Crippen LogP contribution in [-0.4, -0.2) is 20.1 Å². The molecule has 0 atom stereocenters. The summed E-state index contributed by atoms with van der Waals surface area (Å²) in [7, 11) is 4.10. The predicted octanol–water partition coefficient (Wildman–Crippen LogP) is 3.68. The van der Waals surface area contributed by atoms with Crippen LogP contribution in [0.5, 0.6) is 0 Å². The first-order valence-electron chi connectivity index (χ1n) is 6.30. The quantitative estimate of drug-likeness (QED) is 0.833. The Labute approximate surface area is 110 Å². The van der Waals surface area contributed by atoms with Crippen molar-refractivity contribution in [1.82, 2.24) is 5.32 Å². The summed E-state index contributed by atoms with van der Waals surface area (Å²) in [6.07, 6.45) is 2.30. The average Bonchev–Trinajstić information content (AvgIpc) is 2.33. The second-order valence-electron chi connectivity index (χ2n) is 4.35. The summed E-state index contributed by atoms with van der Waals surface area (Å²) in [5.74, 6) is 0. The minimum Gasteiger partial charge on any atom is -0.371 e. The zero-order valence-corrected chi connectivity index (χ0v) is 12.0. The molecule has 0 radical (unpaired) electrons. The highest BCUT2D eigenvalue weighted by atomic mass is 35.5. The molecule has 0 aliphatic heterocycles. The van der Waals surface area contributed by atoms with Crippen molar-refractivity contribution in [3.63, 3.8) is 0 Å². The molecule has 0 fully saturated rings. The number of anilines is 1. The third-order valence-corrected chi connectivity index (χ3v) is 3.67. The molecular formula is C14H23ClN2. The van der Waals surface area contributed by atoms with Crippen LogP contribution < -0.4 is 10.2 Å². The standard InChI is InChI=1S/C14H23ClN2/c1-5-11(6-2)17(4)14-9-7-8-13(15)12(14)10-16-3/h7-9,11,16H,5-6,10H2,1-4H3. The second-order valence-corrected chi connectivity index (χ2v) is 4.76. The maximum absolute atomic E-state index is 6.28. The number of rotatable bonds is 6. The molecule has 0 spiro atoms. The van der Waals surface area contributed by atoms with E-state index in [0.29, 0.717) is 6.04 Å². The van der Waals surface area contributed by atoms with E-state index in [1.807, 2.05) is 19.2 Å². The van der Waals surface area contributed by atoms with Gasteiger partial charge in [0.25, 0.3) is 0 Å². The van der Waals surface area contributed by atoms with E-state index in [4.69, 9.17) is 11.6 Å². The molecule has 1 aromatic rings. The number of halogens is 1. The van der Waals surface area contributed by atoms with E-state index in [9.17, 15) is 0 Å². The Morgan fingerprint density at radius 1 is 1.29 bits per heavy atom. The van der Waals surface area contributed by atoms with Crippen molar-refractivity contribution in [1.29, 1.82) is 0 Å². The summed E-state index contributed by atoms with van der Waals surface area (Å²) in [6.45, 7) is 5.26. The lowest BCUT2D eigenvalue weighted by Crippen LogP contribution is -2.31.